The average molecular weight is 364 g/mol. The molecule has 2 N–H and O–H groups in total. The number of nitrogens with one attached hydrogen (secondary N) is 2. The molecule has 0 aliphatic heterocycles. The average Bonchev–Trinajstić information content (AvgIpc) is 2.63. The number of nitrogens with zero attached hydrogens (tertiary/aromatic N) is 1. The fourth-order valence-corrected chi connectivity index (χ4v) is 2.41. The van der Waals surface area contributed by atoms with E-state index in [0.29, 0.717) is 27.8 Å². The summed E-state index contributed by atoms with van der Waals surface area (Å²) in [6.07, 6.45) is 3.71. The zero-order valence-corrected chi connectivity index (χ0v) is 15.3. The number of carbonyl (C=O) groups excluding carboxylic acids is 1. The van der Waals surface area contributed by atoms with Crippen molar-refractivity contribution in [3.63, 3.8) is 0 Å². The molecule has 0 saturated carbocycles. The summed E-state index contributed by atoms with van der Waals surface area (Å²) < 4.78 is 10.4. The largest absolute Gasteiger partial charge is 0.495 e. The van der Waals surface area contributed by atoms with Gasteiger partial charge in [-0.2, -0.15) is 0 Å². The number of hydrogen-bond acceptors (Lipinski definition) is 5. The Labute approximate surface area is 152 Å². The molecule has 2 rings (SSSR count). The van der Waals surface area contributed by atoms with E-state index >= 15 is 0 Å². The van der Waals surface area contributed by atoms with Crippen molar-refractivity contribution in [2.45, 2.75) is 19.8 Å². The Hall–Kier alpha value is -2.47. The fraction of sp³-hybridized carbons (Fsp3) is 0.333. The molecule has 0 aliphatic carbocycles. The SMILES string of the molecule is CCCCNc1ccc(C(=O)Nc2cc(OC)c(Cl)cc2OC)cn1. The normalized spacial score (nSPS) is 10.2. The summed E-state index contributed by atoms with van der Waals surface area (Å²) >= 11 is 6.07. The molecule has 0 atom stereocenters. The molecule has 1 aromatic carbocycles. The van der Waals surface area contributed by atoms with Crippen LogP contribution in [0, 0.1) is 0 Å². The Morgan fingerprint density at radius 1 is 1.20 bits per heavy atom. The molecule has 0 bridgehead atoms. The third-order valence-electron chi connectivity index (χ3n) is 3.58. The lowest BCUT2D eigenvalue weighted by Gasteiger charge is -2.13. The lowest BCUT2D eigenvalue weighted by Crippen LogP contribution is -2.13. The van der Waals surface area contributed by atoms with E-state index < -0.39 is 0 Å². The van der Waals surface area contributed by atoms with Crippen LogP contribution in [-0.4, -0.2) is 31.7 Å². The minimum Gasteiger partial charge on any atom is -0.495 e. The summed E-state index contributed by atoms with van der Waals surface area (Å²) in [4.78, 5) is 16.7. The van der Waals surface area contributed by atoms with Crippen molar-refractivity contribution in [1.29, 1.82) is 0 Å². The van der Waals surface area contributed by atoms with Crippen LogP contribution < -0.4 is 20.1 Å². The van der Waals surface area contributed by atoms with Gasteiger partial charge in [0.1, 0.15) is 17.3 Å². The van der Waals surface area contributed by atoms with Crippen LogP contribution in [0.3, 0.4) is 0 Å². The second kappa shape index (κ2) is 9.13. The zero-order valence-electron chi connectivity index (χ0n) is 14.6. The minimum atomic E-state index is -0.296. The predicted molar refractivity (Wildman–Crippen MR) is 100 cm³/mol. The Morgan fingerprint density at radius 2 is 1.96 bits per heavy atom. The molecule has 25 heavy (non-hydrogen) atoms. The first-order valence-electron chi connectivity index (χ1n) is 8.01. The predicted octanol–water partition coefficient (Wildman–Crippen LogP) is 4.22. The van der Waals surface area contributed by atoms with Gasteiger partial charge in [-0.3, -0.25) is 4.79 Å². The number of benzene rings is 1. The van der Waals surface area contributed by atoms with Gasteiger partial charge < -0.3 is 20.1 Å². The molecule has 0 spiro atoms. The van der Waals surface area contributed by atoms with Crippen LogP contribution >= 0.6 is 11.6 Å². The molecule has 0 unspecified atom stereocenters. The smallest absolute Gasteiger partial charge is 0.257 e. The molecule has 0 saturated heterocycles. The highest BCUT2D eigenvalue weighted by Crippen LogP contribution is 2.36. The van der Waals surface area contributed by atoms with Gasteiger partial charge in [0.2, 0.25) is 0 Å². The Kier molecular flexibility index (Phi) is 6.89. The van der Waals surface area contributed by atoms with Crippen LogP contribution in [0.5, 0.6) is 11.5 Å². The van der Waals surface area contributed by atoms with E-state index in [0.717, 1.165) is 25.2 Å². The van der Waals surface area contributed by atoms with Crippen molar-refractivity contribution < 1.29 is 14.3 Å². The standard InChI is InChI=1S/C18H22ClN3O3/c1-4-5-8-20-17-7-6-12(11-21-17)18(23)22-14-10-15(24-2)13(19)9-16(14)25-3/h6-7,9-11H,4-5,8H2,1-3H3,(H,20,21)(H,22,23). The molecule has 1 aromatic heterocycles. The third-order valence-corrected chi connectivity index (χ3v) is 3.88. The van der Waals surface area contributed by atoms with Crippen LogP contribution in [0.25, 0.3) is 0 Å². The van der Waals surface area contributed by atoms with E-state index in [4.69, 9.17) is 21.1 Å². The van der Waals surface area contributed by atoms with Crippen LogP contribution in [0.15, 0.2) is 30.5 Å². The number of unbranched alkanes of at least 4 members (excludes halogenated alkanes) is 1. The van der Waals surface area contributed by atoms with Crippen molar-refractivity contribution >= 4 is 29.0 Å². The summed E-state index contributed by atoms with van der Waals surface area (Å²) in [5.41, 5.74) is 0.913. The van der Waals surface area contributed by atoms with Crippen molar-refractivity contribution in [3.05, 3.63) is 41.0 Å². The number of ether oxygens (including phenoxy) is 2. The first-order valence-corrected chi connectivity index (χ1v) is 8.39. The van der Waals surface area contributed by atoms with Crippen molar-refractivity contribution in [1.82, 2.24) is 4.98 Å². The molecule has 1 heterocycles. The Morgan fingerprint density at radius 3 is 2.56 bits per heavy atom. The number of carbonyl (C=O) groups is 1. The first-order chi connectivity index (χ1) is 12.1. The maximum Gasteiger partial charge on any atom is 0.257 e. The number of rotatable bonds is 8. The molecule has 0 fully saturated rings. The Balaban J connectivity index is 2.11. The topological polar surface area (TPSA) is 72.5 Å². The van der Waals surface area contributed by atoms with Gasteiger partial charge in [0, 0.05) is 24.9 Å². The van der Waals surface area contributed by atoms with Crippen LogP contribution in [-0.2, 0) is 0 Å². The number of hydrogen-bond donors (Lipinski definition) is 2. The highest BCUT2D eigenvalue weighted by Gasteiger charge is 2.14. The van der Waals surface area contributed by atoms with Crippen LogP contribution in [0.1, 0.15) is 30.1 Å². The highest BCUT2D eigenvalue weighted by atomic mass is 35.5. The monoisotopic (exact) mass is 363 g/mol. The summed E-state index contributed by atoms with van der Waals surface area (Å²) in [6, 6.07) is 6.71. The maximum absolute atomic E-state index is 12.4. The lowest BCUT2D eigenvalue weighted by atomic mass is 10.2. The summed E-state index contributed by atoms with van der Waals surface area (Å²) in [7, 11) is 3.01. The first kappa shape index (κ1) is 18.9. The number of amides is 1. The van der Waals surface area contributed by atoms with Gasteiger partial charge in [0.15, 0.2) is 0 Å². The second-order valence-corrected chi connectivity index (χ2v) is 5.76. The van der Waals surface area contributed by atoms with Crippen molar-refractivity contribution in [2.75, 3.05) is 31.4 Å². The highest BCUT2D eigenvalue weighted by molar-refractivity contribution is 6.32. The van der Waals surface area contributed by atoms with Gasteiger partial charge in [0.05, 0.1) is 30.5 Å². The van der Waals surface area contributed by atoms with Gasteiger partial charge in [-0.05, 0) is 18.6 Å². The molecule has 2 aromatic rings. The number of pyridine rings is 1. The third kappa shape index (κ3) is 5.00. The second-order valence-electron chi connectivity index (χ2n) is 5.35. The molecule has 134 valence electrons. The Bertz CT molecular complexity index is 720. The van der Waals surface area contributed by atoms with Crippen molar-refractivity contribution in [3.8, 4) is 11.5 Å². The van der Waals surface area contributed by atoms with Gasteiger partial charge >= 0.3 is 0 Å². The van der Waals surface area contributed by atoms with E-state index in [1.54, 1.807) is 24.3 Å². The maximum atomic E-state index is 12.4. The molecular formula is C18H22ClN3O3. The van der Waals surface area contributed by atoms with Gasteiger partial charge in [0.25, 0.3) is 5.91 Å². The van der Waals surface area contributed by atoms with E-state index in [9.17, 15) is 4.79 Å². The quantitative estimate of drug-likeness (QED) is 0.687. The minimum absolute atomic E-state index is 0.296. The van der Waals surface area contributed by atoms with Crippen LogP contribution in [0.2, 0.25) is 5.02 Å². The van der Waals surface area contributed by atoms with E-state index in [2.05, 4.69) is 22.5 Å². The van der Waals surface area contributed by atoms with E-state index in [-0.39, 0.29) is 5.91 Å². The van der Waals surface area contributed by atoms with E-state index in [1.165, 1.54) is 20.4 Å². The number of methoxy groups -OCH3 is 2. The van der Waals surface area contributed by atoms with Gasteiger partial charge in [-0.15, -0.1) is 0 Å². The molecule has 1 amide bonds. The lowest BCUT2D eigenvalue weighted by molar-refractivity contribution is 0.102. The zero-order chi connectivity index (χ0) is 18.2. The summed E-state index contributed by atoms with van der Waals surface area (Å²) in [5.74, 6) is 1.35. The number of anilines is 2. The van der Waals surface area contributed by atoms with Crippen LogP contribution in [0.4, 0.5) is 11.5 Å². The summed E-state index contributed by atoms with van der Waals surface area (Å²) in [6.45, 7) is 2.99. The number of halogens is 1. The molecule has 7 heteroatoms. The summed E-state index contributed by atoms with van der Waals surface area (Å²) in [5, 5.41) is 6.40. The van der Waals surface area contributed by atoms with Gasteiger partial charge in [-0.1, -0.05) is 24.9 Å². The van der Waals surface area contributed by atoms with Crippen molar-refractivity contribution in [2.24, 2.45) is 0 Å². The van der Waals surface area contributed by atoms with Gasteiger partial charge in [-0.25, -0.2) is 4.98 Å². The molecule has 0 radical (unpaired) electrons. The molecule has 6 nitrogen and oxygen atoms in total. The van der Waals surface area contributed by atoms with E-state index in [1.807, 2.05) is 0 Å². The number of aromatic nitrogens is 1. The fourth-order valence-electron chi connectivity index (χ4n) is 2.18. The molecule has 0 aliphatic rings. The molecular weight excluding hydrogens is 342 g/mol.